The van der Waals surface area contributed by atoms with Crippen molar-refractivity contribution in [3.05, 3.63) is 60.2 Å². The molecule has 4 aliphatic rings. The van der Waals surface area contributed by atoms with E-state index in [0.717, 1.165) is 29.1 Å². The highest BCUT2D eigenvalue weighted by Gasteiger charge is 2.53. The summed E-state index contributed by atoms with van der Waals surface area (Å²) in [6.07, 6.45) is 13.0. The van der Waals surface area contributed by atoms with E-state index < -0.39 is 0 Å². The maximum atomic E-state index is 13.6. The number of rotatable bonds is 7. The van der Waals surface area contributed by atoms with Crippen molar-refractivity contribution in [3.63, 3.8) is 0 Å². The lowest BCUT2D eigenvalue weighted by molar-refractivity contribution is -0.00765. The molecular weight excluding hydrogens is 414 g/mol. The molecule has 172 valence electrons. The van der Waals surface area contributed by atoms with E-state index in [1.54, 1.807) is 17.1 Å². The van der Waals surface area contributed by atoms with Crippen LogP contribution in [0.2, 0.25) is 0 Å². The van der Waals surface area contributed by atoms with Crippen molar-refractivity contribution in [2.75, 3.05) is 11.9 Å². The molecule has 3 aromatic rings. The van der Waals surface area contributed by atoms with E-state index in [9.17, 15) is 4.79 Å². The van der Waals surface area contributed by atoms with Crippen molar-refractivity contribution < 1.29 is 9.53 Å². The first kappa shape index (κ1) is 20.7. The molecule has 4 bridgehead atoms. The van der Waals surface area contributed by atoms with Crippen LogP contribution >= 0.6 is 0 Å². The largest absolute Gasteiger partial charge is 0.360 e. The molecule has 1 amide bonds. The molecule has 0 spiro atoms. The first-order chi connectivity index (χ1) is 16.1. The Labute approximate surface area is 194 Å². The molecule has 7 heteroatoms. The average Bonchev–Trinajstić information content (AvgIpc) is 3.45. The zero-order chi connectivity index (χ0) is 22.4. The first-order valence-electron chi connectivity index (χ1n) is 12.2. The molecule has 2 aromatic heterocycles. The number of nitrogens with zero attached hydrogens (tertiary/aromatic N) is 4. The van der Waals surface area contributed by atoms with Crippen LogP contribution in [0.1, 0.15) is 61.5 Å². The summed E-state index contributed by atoms with van der Waals surface area (Å²) in [5, 5.41) is 12.4. The minimum Gasteiger partial charge on any atom is -0.360 e. The van der Waals surface area contributed by atoms with Gasteiger partial charge in [0.05, 0.1) is 35.0 Å². The third-order valence-electron chi connectivity index (χ3n) is 7.84. The molecule has 33 heavy (non-hydrogen) atoms. The van der Waals surface area contributed by atoms with E-state index in [-0.39, 0.29) is 11.3 Å². The Morgan fingerprint density at radius 1 is 1.09 bits per heavy atom. The third-order valence-corrected chi connectivity index (χ3v) is 7.84. The number of hydrogen-bond acceptors (Lipinski definition) is 4. The quantitative estimate of drug-likeness (QED) is 0.568. The molecule has 4 fully saturated rings. The number of para-hydroxylation sites is 1. The lowest BCUT2D eigenvalue weighted by atomic mass is 9.48. The summed E-state index contributed by atoms with van der Waals surface area (Å²) < 4.78 is 8.98. The number of carbonyl (C=O) groups excluding carboxylic acids is 1. The molecule has 4 aliphatic carbocycles. The molecule has 7 nitrogen and oxygen atoms in total. The van der Waals surface area contributed by atoms with Crippen LogP contribution < -0.4 is 5.32 Å². The van der Waals surface area contributed by atoms with Gasteiger partial charge in [0.15, 0.2) is 0 Å². The smallest absolute Gasteiger partial charge is 0.259 e. The van der Waals surface area contributed by atoms with E-state index in [2.05, 4.69) is 10.4 Å². The summed E-state index contributed by atoms with van der Waals surface area (Å²) in [4.78, 5) is 13.6. The standard InChI is InChI=1S/C26H31N5O2/c1-2-33-17-30-15-21(14-27-30)28-25(32)23-16-31(22-6-4-3-5-7-22)29-24(23)26-11-18-8-19(12-26)10-20(9-18)13-26/h3-7,14-16,18-20H,2,8-13,17H2,1H3,(H,28,32). The van der Waals surface area contributed by atoms with E-state index in [1.165, 1.54) is 38.5 Å². The fourth-order valence-corrected chi connectivity index (χ4v) is 6.93. The van der Waals surface area contributed by atoms with Gasteiger partial charge in [-0.25, -0.2) is 9.36 Å². The van der Waals surface area contributed by atoms with Gasteiger partial charge in [0, 0.05) is 18.2 Å². The number of hydrogen-bond donors (Lipinski definition) is 1. The van der Waals surface area contributed by atoms with E-state index in [0.29, 0.717) is 24.6 Å². The lowest BCUT2D eigenvalue weighted by Crippen LogP contribution is -2.49. The Morgan fingerprint density at radius 3 is 2.45 bits per heavy atom. The Bertz CT molecular complexity index is 1110. The SMILES string of the molecule is CCOCn1cc(NC(=O)c2cn(-c3ccccc3)nc2C23CC4CC(CC(C4)C2)C3)cn1. The molecule has 0 saturated heterocycles. The number of amides is 1. The maximum absolute atomic E-state index is 13.6. The van der Waals surface area contributed by atoms with Gasteiger partial charge in [-0.1, -0.05) is 18.2 Å². The Morgan fingerprint density at radius 2 is 1.79 bits per heavy atom. The van der Waals surface area contributed by atoms with E-state index in [4.69, 9.17) is 9.84 Å². The Kier molecular flexibility index (Phi) is 5.09. The topological polar surface area (TPSA) is 74.0 Å². The zero-order valence-electron chi connectivity index (χ0n) is 19.1. The highest BCUT2D eigenvalue weighted by Crippen LogP contribution is 2.60. The third kappa shape index (κ3) is 3.78. The van der Waals surface area contributed by atoms with Crippen LogP contribution in [0.25, 0.3) is 5.69 Å². The number of anilines is 1. The number of carbonyl (C=O) groups is 1. The van der Waals surface area contributed by atoms with Gasteiger partial charge in [0.25, 0.3) is 5.91 Å². The van der Waals surface area contributed by atoms with Crippen molar-refractivity contribution in [2.24, 2.45) is 17.8 Å². The minimum absolute atomic E-state index is 0.0284. The maximum Gasteiger partial charge on any atom is 0.259 e. The van der Waals surface area contributed by atoms with Crippen LogP contribution in [0.4, 0.5) is 5.69 Å². The molecule has 2 heterocycles. The van der Waals surface area contributed by atoms with Crippen LogP contribution in [0, 0.1) is 17.8 Å². The van der Waals surface area contributed by atoms with Gasteiger partial charge in [-0.3, -0.25) is 4.79 Å². The van der Waals surface area contributed by atoms with Crippen molar-refractivity contribution in [3.8, 4) is 5.69 Å². The highest BCUT2D eigenvalue weighted by molar-refractivity contribution is 6.05. The molecule has 0 radical (unpaired) electrons. The molecular formula is C26H31N5O2. The molecule has 0 atom stereocenters. The lowest BCUT2D eigenvalue weighted by Gasteiger charge is -2.56. The van der Waals surface area contributed by atoms with Gasteiger partial charge >= 0.3 is 0 Å². The predicted molar refractivity (Wildman–Crippen MR) is 125 cm³/mol. The summed E-state index contributed by atoms with van der Waals surface area (Å²) in [7, 11) is 0. The summed E-state index contributed by atoms with van der Waals surface area (Å²) in [5.41, 5.74) is 3.36. The normalized spacial score (nSPS) is 27.7. The van der Waals surface area contributed by atoms with Crippen molar-refractivity contribution >= 4 is 11.6 Å². The Balaban J connectivity index is 1.35. The number of ether oxygens (including phenoxy) is 1. The Hall–Kier alpha value is -2.93. The fourth-order valence-electron chi connectivity index (χ4n) is 6.93. The van der Waals surface area contributed by atoms with E-state index in [1.807, 2.05) is 48.1 Å². The first-order valence-corrected chi connectivity index (χ1v) is 12.2. The second kappa shape index (κ2) is 8.13. The summed E-state index contributed by atoms with van der Waals surface area (Å²) in [6.45, 7) is 2.94. The van der Waals surface area contributed by atoms with Gasteiger partial charge in [-0.15, -0.1) is 0 Å². The highest BCUT2D eigenvalue weighted by atomic mass is 16.5. The van der Waals surface area contributed by atoms with Gasteiger partial charge in [0.2, 0.25) is 0 Å². The second-order valence-electron chi connectivity index (χ2n) is 10.2. The molecule has 0 unspecified atom stereocenters. The van der Waals surface area contributed by atoms with Crippen LogP contribution in [0.15, 0.2) is 48.9 Å². The summed E-state index contributed by atoms with van der Waals surface area (Å²) in [6, 6.07) is 10.1. The average molecular weight is 446 g/mol. The molecule has 7 rings (SSSR count). The number of aromatic nitrogens is 4. The molecule has 1 aromatic carbocycles. The number of nitrogens with one attached hydrogen (secondary N) is 1. The minimum atomic E-state index is -0.112. The molecule has 1 N–H and O–H groups in total. The van der Waals surface area contributed by atoms with Gasteiger partial charge in [-0.05, 0) is 75.3 Å². The number of benzene rings is 1. The van der Waals surface area contributed by atoms with Crippen molar-refractivity contribution in [1.29, 1.82) is 0 Å². The van der Waals surface area contributed by atoms with E-state index >= 15 is 0 Å². The van der Waals surface area contributed by atoms with Gasteiger partial charge < -0.3 is 10.1 Å². The summed E-state index contributed by atoms with van der Waals surface area (Å²) in [5.74, 6) is 2.24. The molecule has 0 aliphatic heterocycles. The predicted octanol–water partition coefficient (Wildman–Crippen LogP) is 4.78. The zero-order valence-corrected chi connectivity index (χ0v) is 19.1. The van der Waals surface area contributed by atoms with Crippen molar-refractivity contribution in [1.82, 2.24) is 19.6 Å². The van der Waals surface area contributed by atoms with Crippen molar-refractivity contribution in [2.45, 2.75) is 57.6 Å². The monoisotopic (exact) mass is 445 g/mol. The van der Waals surface area contributed by atoms with Crippen LogP contribution in [-0.4, -0.2) is 32.1 Å². The van der Waals surface area contributed by atoms with Gasteiger partial charge in [-0.2, -0.15) is 10.2 Å². The second-order valence-corrected chi connectivity index (χ2v) is 10.2. The summed E-state index contributed by atoms with van der Waals surface area (Å²) >= 11 is 0. The molecule has 4 saturated carbocycles. The fraction of sp³-hybridized carbons (Fsp3) is 0.500. The van der Waals surface area contributed by atoms with Crippen LogP contribution in [0.5, 0.6) is 0 Å². The van der Waals surface area contributed by atoms with Gasteiger partial charge in [0.1, 0.15) is 6.73 Å². The van der Waals surface area contributed by atoms with Crippen LogP contribution in [0.3, 0.4) is 0 Å². The van der Waals surface area contributed by atoms with Crippen LogP contribution in [-0.2, 0) is 16.9 Å².